The molecule has 0 radical (unpaired) electrons. The van der Waals surface area contributed by atoms with E-state index in [2.05, 4.69) is 24.0 Å². The van der Waals surface area contributed by atoms with Gasteiger partial charge >= 0.3 is 0 Å². The number of fused-ring (bicyclic) bond motifs is 1. The number of ether oxygens (including phenoxy) is 2. The molecule has 1 fully saturated rings. The van der Waals surface area contributed by atoms with Crippen molar-refractivity contribution in [2.45, 2.75) is 44.6 Å². The molecule has 0 amide bonds. The van der Waals surface area contributed by atoms with Gasteiger partial charge in [-0.3, -0.25) is 4.90 Å². The Morgan fingerprint density at radius 3 is 3.09 bits per heavy atom. The second-order valence-electron chi connectivity index (χ2n) is 6.53. The topological polar surface area (TPSA) is 47.7 Å². The van der Waals surface area contributed by atoms with E-state index in [1.54, 1.807) is 0 Å². The third kappa shape index (κ3) is 3.23. The van der Waals surface area contributed by atoms with Gasteiger partial charge in [-0.15, -0.1) is 0 Å². The molecule has 1 unspecified atom stereocenters. The molecule has 0 bridgehead atoms. The van der Waals surface area contributed by atoms with E-state index in [0.717, 1.165) is 76.4 Å². The number of hydrogen-bond acceptors (Lipinski definition) is 4. The van der Waals surface area contributed by atoms with Crippen LogP contribution in [0, 0.1) is 0 Å². The Labute approximate surface area is 133 Å². The van der Waals surface area contributed by atoms with E-state index in [4.69, 9.17) is 15.2 Å². The van der Waals surface area contributed by atoms with E-state index < -0.39 is 0 Å². The van der Waals surface area contributed by atoms with Crippen LogP contribution in [-0.2, 0) is 6.42 Å². The van der Waals surface area contributed by atoms with Crippen molar-refractivity contribution < 1.29 is 9.47 Å². The summed E-state index contributed by atoms with van der Waals surface area (Å²) >= 11 is 0. The highest BCUT2D eigenvalue weighted by molar-refractivity contribution is 5.46. The third-order valence-electron chi connectivity index (χ3n) is 4.78. The molecule has 2 aliphatic rings. The first-order chi connectivity index (χ1) is 10.8. The maximum Gasteiger partial charge on any atom is 0.127 e. The molecule has 4 heteroatoms. The summed E-state index contributed by atoms with van der Waals surface area (Å²) < 4.78 is 12.3. The Bertz CT molecular complexity index is 506. The van der Waals surface area contributed by atoms with E-state index >= 15 is 0 Å². The van der Waals surface area contributed by atoms with Gasteiger partial charge in [-0.1, -0.05) is 13.0 Å². The minimum absolute atomic E-state index is 0.00494. The zero-order valence-corrected chi connectivity index (χ0v) is 13.6. The molecule has 1 aromatic rings. The normalized spacial score (nSPS) is 24.3. The molecule has 2 heterocycles. The molecule has 1 spiro atoms. The standard InChI is InChI=1S/C18H28N2O2/c1-2-13-21-16-5-3-6-17-15(16)7-8-18(22-17)9-12-20(14-18)11-4-10-19/h3,5-6H,2,4,7-14,19H2,1H3. The van der Waals surface area contributed by atoms with Gasteiger partial charge in [-0.05, 0) is 50.9 Å². The van der Waals surface area contributed by atoms with E-state index in [0.29, 0.717) is 0 Å². The molecular formula is C18H28N2O2. The molecule has 4 nitrogen and oxygen atoms in total. The van der Waals surface area contributed by atoms with Crippen LogP contribution in [0.1, 0.15) is 38.2 Å². The van der Waals surface area contributed by atoms with Crippen LogP contribution in [-0.4, -0.2) is 43.3 Å². The molecule has 22 heavy (non-hydrogen) atoms. The summed E-state index contributed by atoms with van der Waals surface area (Å²) in [6, 6.07) is 6.21. The van der Waals surface area contributed by atoms with Crippen LogP contribution in [0.15, 0.2) is 18.2 Å². The molecule has 1 saturated heterocycles. The molecule has 0 aromatic heterocycles. The number of nitrogens with two attached hydrogens (primary N) is 1. The van der Waals surface area contributed by atoms with Crippen molar-refractivity contribution in [3.63, 3.8) is 0 Å². The quantitative estimate of drug-likeness (QED) is 0.877. The number of likely N-dealkylation sites (tertiary alicyclic amines) is 1. The SMILES string of the molecule is CCCOc1cccc2c1CCC1(CCN(CCCN)C1)O2. The molecule has 0 aliphatic carbocycles. The van der Waals surface area contributed by atoms with Crippen LogP contribution in [0.3, 0.4) is 0 Å². The lowest BCUT2D eigenvalue weighted by atomic mass is 9.90. The minimum Gasteiger partial charge on any atom is -0.493 e. The first kappa shape index (κ1) is 15.6. The van der Waals surface area contributed by atoms with Crippen LogP contribution in [0.2, 0.25) is 0 Å². The van der Waals surface area contributed by atoms with E-state index in [9.17, 15) is 0 Å². The molecule has 1 aromatic carbocycles. The van der Waals surface area contributed by atoms with Crippen molar-refractivity contribution in [2.75, 3.05) is 32.8 Å². The number of rotatable bonds is 6. The summed E-state index contributed by atoms with van der Waals surface area (Å²) in [7, 11) is 0. The first-order valence-electron chi connectivity index (χ1n) is 8.62. The largest absolute Gasteiger partial charge is 0.493 e. The molecule has 2 N–H and O–H groups in total. The van der Waals surface area contributed by atoms with Gasteiger partial charge < -0.3 is 15.2 Å². The Balaban J connectivity index is 1.69. The maximum atomic E-state index is 6.46. The molecular weight excluding hydrogens is 276 g/mol. The Kier molecular flexibility index (Phi) is 4.89. The average Bonchev–Trinajstić information content (AvgIpc) is 2.93. The highest BCUT2D eigenvalue weighted by Crippen LogP contribution is 2.42. The van der Waals surface area contributed by atoms with Crippen molar-refractivity contribution in [3.05, 3.63) is 23.8 Å². The minimum atomic E-state index is 0.00494. The lowest BCUT2D eigenvalue weighted by molar-refractivity contribution is 0.0534. The predicted molar refractivity (Wildman–Crippen MR) is 88.6 cm³/mol. The molecule has 122 valence electrons. The fourth-order valence-electron chi connectivity index (χ4n) is 3.59. The summed E-state index contributed by atoms with van der Waals surface area (Å²) in [6.45, 7) is 6.93. The second kappa shape index (κ2) is 6.88. The molecule has 1 atom stereocenters. The van der Waals surface area contributed by atoms with Crippen molar-refractivity contribution in [1.82, 2.24) is 4.90 Å². The first-order valence-corrected chi connectivity index (χ1v) is 8.62. The molecule has 2 aliphatic heterocycles. The Morgan fingerprint density at radius 2 is 2.27 bits per heavy atom. The monoisotopic (exact) mass is 304 g/mol. The predicted octanol–water partition coefficient (Wildman–Crippen LogP) is 2.59. The second-order valence-corrected chi connectivity index (χ2v) is 6.53. The van der Waals surface area contributed by atoms with E-state index in [-0.39, 0.29) is 5.60 Å². The van der Waals surface area contributed by atoms with Crippen molar-refractivity contribution in [1.29, 1.82) is 0 Å². The van der Waals surface area contributed by atoms with Crippen LogP contribution in [0.5, 0.6) is 11.5 Å². The van der Waals surface area contributed by atoms with Crippen molar-refractivity contribution in [3.8, 4) is 11.5 Å². The Hall–Kier alpha value is -1.26. The van der Waals surface area contributed by atoms with Gasteiger partial charge in [0.1, 0.15) is 17.1 Å². The highest BCUT2D eigenvalue weighted by Gasteiger charge is 2.42. The van der Waals surface area contributed by atoms with Crippen LogP contribution in [0.4, 0.5) is 0 Å². The smallest absolute Gasteiger partial charge is 0.127 e. The average molecular weight is 304 g/mol. The van der Waals surface area contributed by atoms with Gasteiger partial charge in [0.05, 0.1) is 6.61 Å². The fourth-order valence-corrected chi connectivity index (χ4v) is 3.59. The summed E-state index contributed by atoms with van der Waals surface area (Å²) in [5.41, 5.74) is 6.88. The summed E-state index contributed by atoms with van der Waals surface area (Å²) in [5.74, 6) is 2.03. The van der Waals surface area contributed by atoms with Gasteiger partial charge in [0.2, 0.25) is 0 Å². The fraction of sp³-hybridized carbons (Fsp3) is 0.667. The van der Waals surface area contributed by atoms with Gasteiger partial charge in [-0.25, -0.2) is 0 Å². The summed E-state index contributed by atoms with van der Waals surface area (Å²) in [4.78, 5) is 2.50. The van der Waals surface area contributed by atoms with Crippen LogP contribution >= 0.6 is 0 Å². The maximum absolute atomic E-state index is 6.46. The van der Waals surface area contributed by atoms with E-state index in [1.807, 2.05) is 6.07 Å². The van der Waals surface area contributed by atoms with Gasteiger partial charge in [0.25, 0.3) is 0 Å². The third-order valence-corrected chi connectivity index (χ3v) is 4.78. The summed E-state index contributed by atoms with van der Waals surface area (Å²) in [6.07, 6.45) is 5.37. The molecule has 0 saturated carbocycles. The van der Waals surface area contributed by atoms with Gasteiger partial charge in [-0.2, -0.15) is 0 Å². The van der Waals surface area contributed by atoms with Gasteiger partial charge in [0, 0.05) is 25.1 Å². The number of benzene rings is 1. The summed E-state index contributed by atoms with van der Waals surface area (Å²) in [5, 5.41) is 0. The van der Waals surface area contributed by atoms with Crippen LogP contribution < -0.4 is 15.2 Å². The molecule has 3 rings (SSSR count). The number of nitrogens with zero attached hydrogens (tertiary/aromatic N) is 1. The highest BCUT2D eigenvalue weighted by atomic mass is 16.5. The van der Waals surface area contributed by atoms with E-state index in [1.165, 1.54) is 5.56 Å². The lowest BCUT2D eigenvalue weighted by Gasteiger charge is -2.36. The lowest BCUT2D eigenvalue weighted by Crippen LogP contribution is -2.42. The van der Waals surface area contributed by atoms with Crippen molar-refractivity contribution >= 4 is 0 Å². The van der Waals surface area contributed by atoms with Crippen LogP contribution in [0.25, 0.3) is 0 Å². The number of hydrogen-bond donors (Lipinski definition) is 1. The zero-order chi connectivity index (χ0) is 15.4. The zero-order valence-electron chi connectivity index (χ0n) is 13.6. The van der Waals surface area contributed by atoms with Crippen molar-refractivity contribution in [2.24, 2.45) is 5.73 Å². The Morgan fingerprint density at radius 1 is 1.36 bits per heavy atom. The van der Waals surface area contributed by atoms with Gasteiger partial charge in [0.15, 0.2) is 0 Å².